The van der Waals surface area contributed by atoms with Gasteiger partial charge in [-0.15, -0.1) is 0 Å². The van der Waals surface area contributed by atoms with E-state index in [1.54, 1.807) is 6.20 Å². The Hall–Kier alpha value is -2.02. The van der Waals surface area contributed by atoms with Crippen LogP contribution >= 0.6 is 22.6 Å². The number of carbonyl (C=O) groups excluding carboxylic acids is 1. The molecule has 0 saturated carbocycles. The lowest BCUT2D eigenvalue weighted by Crippen LogP contribution is -2.15. The first kappa shape index (κ1) is 13.9. The van der Waals surface area contributed by atoms with Crippen LogP contribution in [-0.2, 0) is 11.2 Å². The van der Waals surface area contributed by atoms with Gasteiger partial charge in [0.2, 0.25) is 5.91 Å². The first-order valence-corrected chi connectivity index (χ1v) is 7.55. The largest absolute Gasteiger partial charge is 0.428 e. The molecule has 21 heavy (non-hydrogen) atoms. The van der Waals surface area contributed by atoms with Crippen LogP contribution in [0.15, 0.2) is 54.7 Å². The Morgan fingerprint density at radius 3 is 2.67 bits per heavy atom. The first-order chi connectivity index (χ1) is 10.1. The van der Waals surface area contributed by atoms with E-state index in [4.69, 9.17) is 0 Å². The number of para-hydroxylation sites is 2. The molecule has 2 N–H and O–H groups in total. The lowest BCUT2D eigenvalue weighted by molar-refractivity contribution is -0.115. The molecule has 0 radical (unpaired) electrons. The van der Waals surface area contributed by atoms with E-state index >= 15 is 0 Å². The van der Waals surface area contributed by atoms with E-state index in [-0.39, 0.29) is 12.3 Å². The Labute approximate surface area is 135 Å². The van der Waals surface area contributed by atoms with Gasteiger partial charge in [0, 0.05) is 15.2 Å². The fourth-order valence-corrected chi connectivity index (χ4v) is 2.82. The summed E-state index contributed by atoms with van der Waals surface area (Å²) in [6, 6.07) is 15.1. The molecule has 0 spiro atoms. The maximum Gasteiger partial charge on any atom is 0.228 e. The Morgan fingerprint density at radius 1 is 1.14 bits per heavy atom. The standard InChI is InChI=1S/C16H13IN2O2/c17-13-6-2-3-7-14(13)18-16(20)9-11-10-19(21)15-8-4-1-5-12(11)15/h1-8,10,21H,9H2,(H,18,20). The van der Waals surface area contributed by atoms with E-state index in [1.165, 1.54) is 0 Å². The molecule has 3 aromatic rings. The molecule has 1 heterocycles. The summed E-state index contributed by atoms with van der Waals surface area (Å²) in [5, 5.41) is 13.6. The maximum atomic E-state index is 12.2. The van der Waals surface area contributed by atoms with Gasteiger partial charge < -0.3 is 10.5 Å². The molecule has 0 aliphatic carbocycles. The van der Waals surface area contributed by atoms with Gasteiger partial charge in [-0.2, -0.15) is 4.73 Å². The molecular weight excluding hydrogens is 379 g/mol. The lowest BCUT2D eigenvalue weighted by Gasteiger charge is -2.06. The summed E-state index contributed by atoms with van der Waals surface area (Å²) in [4.78, 5) is 12.2. The number of rotatable bonds is 3. The number of carbonyl (C=O) groups is 1. The van der Waals surface area contributed by atoms with Gasteiger partial charge in [-0.05, 0) is 46.4 Å². The minimum absolute atomic E-state index is 0.101. The molecule has 0 saturated heterocycles. The van der Waals surface area contributed by atoms with E-state index in [1.807, 2.05) is 48.5 Å². The molecule has 0 atom stereocenters. The van der Waals surface area contributed by atoms with Crippen LogP contribution in [-0.4, -0.2) is 15.8 Å². The number of nitrogens with zero attached hydrogens (tertiary/aromatic N) is 1. The normalized spacial score (nSPS) is 10.7. The van der Waals surface area contributed by atoms with Crippen molar-refractivity contribution in [2.45, 2.75) is 6.42 Å². The van der Waals surface area contributed by atoms with Crippen molar-refractivity contribution in [3.63, 3.8) is 0 Å². The highest BCUT2D eigenvalue weighted by atomic mass is 127. The quantitative estimate of drug-likeness (QED) is 0.528. The average Bonchev–Trinajstić information content (AvgIpc) is 2.79. The summed E-state index contributed by atoms with van der Waals surface area (Å²) in [7, 11) is 0. The number of amides is 1. The fraction of sp³-hybridized carbons (Fsp3) is 0.0625. The number of anilines is 1. The first-order valence-electron chi connectivity index (χ1n) is 6.48. The molecular formula is C16H13IN2O2. The van der Waals surface area contributed by atoms with Crippen molar-refractivity contribution in [2.24, 2.45) is 0 Å². The van der Waals surface area contributed by atoms with Crippen LogP contribution in [0.1, 0.15) is 5.56 Å². The van der Waals surface area contributed by atoms with Crippen molar-refractivity contribution in [1.29, 1.82) is 0 Å². The zero-order valence-electron chi connectivity index (χ0n) is 11.1. The number of hydrogen-bond donors (Lipinski definition) is 2. The number of fused-ring (bicyclic) bond motifs is 1. The van der Waals surface area contributed by atoms with E-state index < -0.39 is 0 Å². The summed E-state index contributed by atoms with van der Waals surface area (Å²) in [6.07, 6.45) is 1.80. The molecule has 1 amide bonds. The highest BCUT2D eigenvalue weighted by molar-refractivity contribution is 14.1. The van der Waals surface area contributed by atoms with Gasteiger partial charge in [-0.1, -0.05) is 30.3 Å². The zero-order valence-corrected chi connectivity index (χ0v) is 13.2. The van der Waals surface area contributed by atoms with Crippen molar-refractivity contribution in [3.8, 4) is 0 Å². The Balaban J connectivity index is 1.82. The third-order valence-electron chi connectivity index (χ3n) is 3.27. The highest BCUT2D eigenvalue weighted by Gasteiger charge is 2.12. The van der Waals surface area contributed by atoms with Crippen LogP contribution in [0.25, 0.3) is 10.9 Å². The summed E-state index contributed by atoms with van der Waals surface area (Å²) < 4.78 is 2.05. The molecule has 3 rings (SSSR count). The number of hydrogen-bond acceptors (Lipinski definition) is 2. The molecule has 0 unspecified atom stereocenters. The number of halogens is 1. The van der Waals surface area contributed by atoms with Gasteiger partial charge in [0.15, 0.2) is 0 Å². The minimum Gasteiger partial charge on any atom is -0.428 e. The van der Waals surface area contributed by atoms with Gasteiger partial charge in [-0.3, -0.25) is 4.79 Å². The van der Waals surface area contributed by atoms with Gasteiger partial charge in [-0.25, -0.2) is 0 Å². The summed E-state index contributed by atoms with van der Waals surface area (Å²) in [6.45, 7) is 0. The second-order valence-corrected chi connectivity index (χ2v) is 5.88. The molecule has 2 aromatic carbocycles. The van der Waals surface area contributed by atoms with Crippen molar-refractivity contribution in [1.82, 2.24) is 4.73 Å². The SMILES string of the molecule is O=C(Cc1cn(O)c2ccccc12)Nc1ccccc1I. The van der Waals surface area contributed by atoms with Gasteiger partial charge in [0.1, 0.15) is 0 Å². The second-order valence-electron chi connectivity index (χ2n) is 4.72. The van der Waals surface area contributed by atoms with E-state index in [2.05, 4.69) is 27.9 Å². The molecule has 0 bridgehead atoms. The maximum absolute atomic E-state index is 12.2. The molecule has 0 aliphatic heterocycles. The van der Waals surface area contributed by atoms with Crippen molar-refractivity contribution in [3.05, 3.63) is 63.9 Å². The van der Waals surface area contributed by atoms with Crippen LogP contribution in [0.4, 0.5) is 5.69 Å². The van der Waals surface area contributed by atoms with Crippen LogP contribution in [0.2, 0.25) is 0 Å². The van der Waals surface area contributed by atoms with Crippen LogP contribution < -0.4 is 5.32 Å². The molecule has 5 heteroatoms. The second kappa shape index (κ2) is 5.77. The van der Waals surface area contributed by atoms with Crippen molar-refractivity contribution >= 4 is 45.1 Å². The minimum atomic E-state index is -0.101. The smallest absolute Gasteiger partial charge is 0.228 e. The molecule has 4 nitrogen and oxygen atoms in total. The predicted octanol–water partition coefficient (Wildman–Crippen LogP) is 3.66. The molecule has 106 valence electrons. The highest BCUT2D eigenvalue weighted by Crippen LogP contribution is 2.22. The van der Waals surface area contributed by atoms with Crippen LogP contribution in [0.3, 0.4) is 0 Å². The van der Waals surface area contributed by atoms with Gasteiger partial charge >= 0.3 is 0 Å². The average molecular weight is 392 g/mol. The topological polar surface area (TPSA) is 54.3 Å². The zero-order chi connectivity index (χ0) is 14.8. The number of nitrogens with one attached hydrogen (secondary N) is 1. The Morgan fingerprint density at radius 2 is 1.86 bits per heavy atom. The van der Waals surface area contributed by atoms with Gasteiger partial charge in [0.25, 0.3) is 0 Å². The monoisotopic (exact) mass is 392 g/mol. The van der Waals surface area contributed by atoms with Crippen LogP contribution in [0, 0.1) is 3.57 Å². The number of benzene rings is 2. The summed E-state index contributed by atoms with van der Waals surface area (Å²) in [5.41, 5.74) is 2.31. The third-order valence-corrected chi connectivity index (χ3v) is 4.21. The third kappa shape index (κ3) is 2.87. The Kier molecular flexibility index (Phi) is 3.83. The van der Waals surface area contributed by atoms with Crippen molar-refractivity contribution < 1.29 is 10.0 Å². The summed E-state index contributed by atoms with van der Waals surface area (Å²) in [5.74, 6) is -0.101. The Bertz CT molecular complexity index is 811. The molecule has 0 aliphatic rings. The van der Waals surface area contributed by atoms with Crippen molar-refractivity contribution in [2.75, 3.05) is 5.32 Å². The van der Waals surface area contributed by atoms with E-state index in [0.717, 1.165) is 24.9 Å². The molecule has 1 aromatic heterocycles. The fourth-order valence-electron chi connectivity index (χ4n) is 2.30. The molecule has 0 fully saturated rings. The predicted molar refractivity (Wildman–Crippen MR) is 90.6 cm³/mol. The van der Waals surface area contributed by atoms with E-state index in [9.17, 15) is 10.0 Å². The van der Waals surface area contributed by atoms with Gasteiger partial charge in [0.05, 0.1) is 17.6 Å². The number of aromatic nitrogens is 1. The summed E-state index contributed by atoms with van der Waals surface area (Å²) >= 11 is 2.18. The van der Waals surface area contributed by atoms with Crippen LogP contribution in [0.5, 0.6) is 0 Å². The lowest BCUT2D eigenvalue weighted by atomic mass is 10.1. The van der Waals surface area contributed by atoms with E-state index in [0.29, 0.717) is 5.52 Å².